The van der Waals surface area contributed by atoms with Gasteiger partial charge in [-0.25, -0.2) is 13.9 Å². The van der Waals surface area contributed by atoms with Crippen molar-refractivity contribution in [3.8, 4) is 22.6 Å². The Morgan fingerprint density at radius 2 is 1.80 bits per heavy atom. The number of amides is 1. The lowest BCUT2D eigenvalue weighted by Crippen LogP contribution is -2.61. The van der Waals surface area contributed by atoms with Crippen molar-refractivity contribution >= 4 is 17.2 Å². The minimum atomic E-state index is -0.358. The van der Waals surface area contributed by atoms with Crippen molar-refractivity contribution < 1.29 is 13.9 Å². The van der Waals surface area contributed by atoms with Crippen LogP contribution in [0.5, 0.6) is 0 Å². The van der Waals surface area contributed by atoms with Gasteiger partial charge in [0.1, 0.15) is 17.2 Å². The zero-order chi connectivity index (χ0) is 30.7. The molecular weight excluding hydrogens is 573 g/mol. The fourth-order valence-electron chi connectivity index (χ4n) is 6.81. The summed E-state index contributed by atoms with van der Waals surface area (Å²) in [5.41, 5.74) is 5.86. The number of rotatable bonds is 5. The van der Waals surface area contributed by atoms with Gasteiger partial charge >= 0.3 is 0 Å². The molecule has 230 valence electrons. The zero-order valence-electron chi connectivity index (χ0n) is 25.3. The monoisotopic (exact) mass is 607 g/mol. The molecule has 0 bridgehead atoms. The van der Waals surface area contributed by atoms with Crippen LogP contribution in [0.25, 0.3) is 28.3 Å². The first-order chi connectivity index (χ1) is 21.9. The van der Waals surface area contributed by atoms with Crippen LogP contribution in [-0.4, -0.2) is 97.3 Å². The van der Waals surface area contributed by atoms with Gasteiger partial charge in [0.05, 0.1) is 36.8 Å². The van der Waals surface area contributed by atoms with Crippen LogP contribution in [0.4, 0.5) is 10.1 Å². The number of ether oxygens (including phenoxy) is 1. The molecule has 2 saturated heterocycles. The van der Waals surface area contributed by atoms with E-state index in [2.05, 4.69) is 32.1 Å². The molecule has 0 saturated carbocycles. The molecule has 1 amide bonds. The summed E-state index contributed by atoms with van der Waals surface area (Å²) >= 11 is 0. The number of halogens is 1. The van der Waals surface area contributed by atoms with E-state index in [9.17, 15) is 4.79 Å². The van der Waals surface area contributed by atoms with Gasteiger partial charge in [-0.15, -0.1) is 0 Å². The summed E-state index contributed by atoms with van der Waals surface area (Å²) in [5.74, 6) is -0.531. The first-order valence-electron chi connectivity index (χ1n) is 15.5. The average molecular weight is 608 g/mol. The summed E-state index contributed by atoms with van der Waals surface area (Å²) in [5, 5.41) is 13.5. The van der Waals surface area contributed by atoms with Crippen LogP contribution >= 0.6 is 0 Å². The van der Waals surface area contributed by atoms with Gasteiger partial charge < -0.3 is 14.5 Å². The van der Waals surface area contributed by atoms with Crippen LogP contribution in [0.1, 0.15) is 34.6 Å². The lowest BCUT2D eigenvalue weighted by molar-refractivity contribution is 0.0105. The van der Waals surface area contributed by atoms with Gasteiger partial charge in [0.25, 0.3) is 5.91 Å². The van der Waals surface area contributed by atoms with E-state index in [1.165, 1.54) is 10.4 Å². The van der Waals surface area contributed by atoms with E-state index >= 15 is 4.39 Å². The van der Waals surface area contributed by atoms with Gasteiger partial charge in [0, 0.05) is 63.1 Å². The number of carbonyl (C=O) groups excluding carboxylic acids is 1. The number of fused-ring (bicyclic) bond motifs is 2. The Morgan fingerprint density at radius 1 is 0.978 bits per heavy atom. The molecule has 5 aromatic rings. The molecule has 3 aliphatic rings. The predicted octanol–water partition coefficient (Wildman–Crippen LogP) is 3.61. The van der Waals surface area contributed by atoms with Crippen molar-refractivity contribution in [2.45, 2.75) is 25.4 Å². The first kappa shape index (κ1) is 27.8. The van der Waals surface area contributed by atoms with Gasteiger partial charge in [0.2, 0.25) is 0 Å². The lowest BCUT2D eigenvalue weighted by atomic mass is 9.93. The van der Waals surface area contributed by atoms with Gasteiger partial charge in [-0.05, 0) is 48.7 Å². The summed E-state index contributed by atoms with van der Waals surface area (Å²) in [7, 11) is 1.73. The van der Waals surface area contributed by atoms with Crippen molar-refractivity contribution in [2.75, 3.05) is 50.8 Å². The van der Waals surface area contributed by atoms with Crippen molar-refractivity contribution in [1.82, 2.24) is 39.4 Å². The average Bonchev–Trinajstić information content (AvgIpc) is 3.67. The second-order valence-corrected chi connectivity index (χ2v) is 12.0. The third-order valence-corrected chi connectivity index (χ3v) is 9.38. The molecule has 0 aliphatic carbocycles. The number of morpholine rings is 1. The SMILES string of the molecule is C[C@@H]1c2ccccc2CCN1C(=O)c1cc(-c2cnn(C)n2)n2nc(-c3ccc(N4CC(N5CCOCC5)C4)cc3F)cc2n1. The summed E-state index contributed by atoms with van der Waals surface area (Å²) in [6, 6.07) is 17.3. The maximum absolute atomic E-state index is 15.7. The maximum atomic E-state index is 15.7. The van der Waals surface area contributed by atoms with E-state index in [1.54, 1.807) is 42.0 Å². The Bertz CT molecular complexity index is 1910. The highest BCUT2D eigenvalue weighted by molar-refractivity contribution is 5.94. The van der Waals surface area contributed by atoms with Crippen LogP contribution in [0.15, 0.2) is 60.8 Å². The Labute approximate surface area is 259 Å². The summed E-state index contributed by atoms with van der Waals surface area (Å²) < 4.78 is 22.8. The number of benzene rings is 2. The Hall–Kier alpha value is -4.68. The zero-order valence-corrected chi connectivity index (χ0v) is 25.3. The minimum absolute atomic E-state index is 0.0934. The molecule has 2 aromatic carbocycles. The summed E-state index contributed by atoms with van der Waals surface area (Å²) in [4.78, 5) is 26.7. The molecule has 11 nitrogen and oxygen atoms in total. The number of carbonyl (C=O) groups is 1. The van der Waals surface area contributed by atoms with Gasteiger partial charge in [-0.3, -0.25) is 9.69 Å². The topological polar surface area (TPSA) is 96.9 Å². The molecule has 2 fully saturated rings. The fourth-order valence-corrected chi connectivity index (χ4v) is 6.81. The summed E-state index contributed by atoms with van der Waals surface area (Å²) in [6.07, 6.45) is 2.40. The number of hydrogen-bond acceptors (Lipinski definition) is 8. The fraction of sp³-hybridized carbons (Fsp3) is 0.364. The third-order valence-electron chi connectivity index (χ3n) is 9.38. The molecule has 3 aromatic heterocycles. The molecule has 12 heteroatoms. The van der Waals surface area contributed by atoms with Crippen LogP contribution in [0, 0.1) is 5.82 Å². The molecule has 0 radical (unpaired) electrons. The van der Waals surface area contributed by atoms with Crippen LogP contribution in [0.2, 0.25) is 0 Å². The highest BCUT2D eigenvalue weighted by Crippen LogP contribution is 2.33. The number of nitrogens with zero attached hydrogens (tertiary/aromatic N) is 9. The van der Waals surface area contributed by atoms with E-state index in [1.807, 2.05) is 30.0 Å². The Kier molecular flexibility index (Phi) is 6.83. The van der Waals surface area contributed by atoms with Gasteiger partial charge in [-0.2, -0.15) is 20.1 Å². The van der Waals surface area contributed by atoms with Gasteiger partial charge in [0.15, 0.2) is 5.65 Å². The largest absolute Gasteiger partial charge is 0.379 e. The molecule has 3 aliphatic heterocycles. The second-order valence-electron chi connectivity index (χ2n) is 12.0. The van der Waals surface area contributed by atoms with Crippen LogP contribution < -0.4 is 4.90 Å². The summed E-state index contributed by atoms with van der Waals surface area (Å²) in [6.45, 7) is 7.82. The van der Waals surface area contributed by atoms with Gasteiger partial charge in [-0.1, -0.05) is 24.3 Å². The van der Waals surface area contributed by atoms with Crippen molar-refractivity contribution in [1.29, 1.82) is 0 Å². The highest BCUT2D eigenvalue weighted by Gasteiger charge is 2.33. The number of anilines is 1. The normalized spacial score (nSPS) is 19.1. The molecule has 6 heterocycles. The van der Waals surface area contributed by atoms with Crippen molar-refractivity contribution in [2.24, 2.45) is 7.05 Å². The number of aromatic nitrogens is 6. The lowest BCUT2D eigenvalue weighted by Gasteiger charge is -2.47. The van der Waals surface area contributed by atoms with Crippen molar-refractivity contribution in [3.63, 3.8) is 0 Å². The van der Waals surface area contributed by atoms with E-state index in [-0.39, 0.29) is 23.5 Å². The predicted molar refractivity (Wildman–Crippen MR) is 166 cm³/mol. The molecule has 0 unspecified atom stereocenters. The van der Waals surface area contributed by atoms with Crippen molar-refractivity contribution in [3.05, 3.63) is 83.4 Å². The second kappa shape index (κ2) is 11.0. The third kappa shape index (κ3) is 4.94. The standard InChI is InChI=1S/C33H34FN9O2/c1-21-25-6-4-3-5-22(25)9-10-42(21)33(44)29-16-31(30-18-35-39(2)37-30)43-32(36-29)17-28(38-43)26-8-7-23(15-27(26)34)41-19-24(20-41)40-11-13-45-14-12-40/h3-8,15-18,21,24H,9-14,19-20H2,1-2H3/t21-/m1/s1. The quantitative estimate of drug-likeness (QED) is 0.299. The maximum Gasteiger partial charge on any atom is 0.273 e. The molecule has 0 spiro atoms. The van der Waals surface area contributed by atoms with E-state index in [0.717, 1.165) is 57.1 Å². The van der Waals surface area contributed by atoms with Crippen LogP contribution in [-0.2, 0) is 18.2 Å². The molecule has 1 atom stereocenters. The van der Waals surface area contributed by atoms with E-state index in [4.69, 9.17) is 14.8 Å². The highest BCUT2D eigenvalue weighted by atomic mass is 19.1. The molecule has 8 rings (SSSR count). The smallest absolute Gasteiger partial charge is 0.273 e. The first-order valence-corrected chi connectivity index (χ1v) is 15.5. The number of hydrogen-bond donors (Lipinski definition) is 0. The number of aryl methyl sites for hydroxylation is 1. The van der Waals surface area contributed by atoms with E-state index in [0.29, 0.717) is 40.9 Å². The molecule has 0 N–H and O–H groups in total. The van der Waals surface area contributed by atoms with E-state index < -0.39 is 0 Å². The minimum Gasteiger partial charge on any atom is -0.379 e. The Balaban J connectivity index is 1.11. The Morgan fingerprint density at radius 3 is 2.58 bits per heavy atom. The molecule has 45 heavy (non-hydrogen) atoms. The van der Waals surface area contributed by atoms with Crippen LogP contribution in [0.3, 0.4) is 0 Å². The molecular formula is C33H34FN9O2.